The number of esters is 1. The molecule has 1 rings (SSSR count). The highest BCUT2D eigenvalue weighted by Crippen LogP contribution is 2.28. The second-order valence-corrected chi connectivity index (χ2v) is 3.67. The van der Waals surface area contributed by atoms with Crippen molar-refractivity contribution in [1.29, 1.82) is 0 Å². The van der Waals surface area contributed by atoms with Gasteiger partial charge >= 0.3 is 5.97 Å². The van der Waals surface area contributed by atoms with E-state index in [2.05, 4.69) is 16.6 Å². The number of hydrogen-bond acceptors (Lipinski definition) is 3. The third-order valence-electron chi connectivity index (χ3n) is 2.59. The van der Waals surface area contributed by atoms with E-state index in [4.69, 9.17) is 0 Å². The molecule has 1 heterocycles. The van der Waals surface area contributed by atoms with Crippen molar-refractivity contribution in [2.75, 3.05) is 7.11 Å². The molecule has 1 aliphatic rings. The molecule has 1 fully saturated rings. The largest absolute Gasteiger partial charge is 0.469 e. The predicted molar refractivity (Wildman–Crippen MR) is 51.4 cm³/mol. The topological polar surface area (TPSA) is 55.4 Å². The number of methoxy groups -OCH3 is 1. The molecule has 4 heteroatoms. The Kier molecular flexibility index (Phi) is 2.93. The summed E-state index contributed by atoms with van der Waals surface area (Å²) in [6.45, 7) is 7.27. The number of ether oxygens (including phenoxy) is 1. The molecule has 1 N–H and O–H groups in total. The monoisotopic (exact) mass is 197 g/mol. The highest BCUT2D eigenvalue weighted by atomic mass is 16.5. The van der Waals surface area contributed by atoms with Gasteiger partial charge in [-0.25, -0.2) is 0 Å². The molecule has 78 valence electrons. The molecule has 0 spiro atoms. The first kappa shape index (κ1) is 10.8. The molecule has 0 aromatic carbocycles. The molecule has 1 aliphatic heterocycles. The van der Waals surface area contributed by atoms with Gasteiger partial charge in [0.25, 0.3) is 0 Å². The molecule has 3 atom stereocenters. The average molecular weight is 197 g/mol. The molecule has 0 aliphatic carbocycles. The standard InChI is InChI=1S/C10H15NO3/c1-5(2)7-8(11-9(7)12)6(3)10(13)14-4/h6-8H,1H2,2-4H3,(H,11,12)/t6-,7+,8-/m1/s1. The predicted octanol–water partition coefficient (Wildman–Crippen LogP) is 0.486. The quantitative estimate of drug-likeness (QED) is 0.407. The molecule has 0 saturated carbocycles. The van der Waals surface area contributed by atoms with Crippen molar-refractivity contribution in [3.8, 4) is 0 Å². The van der Waals surface area contributed by atoms with E-state index in [-0.39, 0.29) is 29.8 Å². The van der Waals surface area contributed by atoms with Crippen LogP contribution in [-0.2, 0) is 14.3 Å². The van der Waals surface area contributed by atoms with Crippen LogP contribution in [0.25, 0.3) is 0 Å². The van der Waals surface area contributed by atoms with Crippen LogP contribution in [-0.4, -0.2) is 25.0 Å². The second-order valence-electron chi connectivity index (χ2n) is 3.67. The third kappa shape index (κ3) is 1.64. The van der Waals surface area contributed by atoms with E-state index >= 15 is 0 Å². The first-order valence-electron chi connectivity index (χ1n) is 4.52. The van der Waals surface area contributed by atoms with Crippen LogP contribution >= 0.6 is 0 Å². The summed E-state index contributed by atoms with van der Waals surface area (Å²) < 4.78 is 4.61. The van der Waals surface area contributed by atoms with E-state index in [1.165, 1.54) is 7.11 Å². The molecule has 0 aromatic heterocycles. The zero-order valence-corrected chi connectivity index (χ0v) is 8.66. The fraction of sp³-hybridized carbons (Fsp3) is 0.600. The van der Waals surface area contributed by atoms with Crippen LogP contribution in [0.15, 0.2) is 12.2 Å². The number of carbonyl (C=O) groups is 2. The lowest BCUT2D eigenvalue weighted by molar-refractivity contribution is -0.150. The van der Waals surface area contributed by atoms with Gasteiger partial charge in [0.15, 0.2) is 0 Å². The van der Waals surface area contributed by atoms with Crippen LogP contribution in [0.2, 0.25) is 0 Å². The Morgan fingerprint density at radius 2 is 2.21 bits per heavy atom. The van der Waals surface area contributed by atoms with E-state index < -0.39 is 0 Å². The van der Waals surface area contributed by atoms with Gasteiger partial charge in [0.05, 0.1) is 25.0 Å². The summed E-state index contributed by atoms with van der Waals surface area (Å²) in [6.07, 6.45) is 0. The lowest BCUT2D eigenvalue weighted by Crippen LogP contribution is -2.62. The van der Waals surface area contributed by atoms with Gasteiger partial charge in [0.1, 0.15) is 0 Å². The fourth-order valence-corrected chi connectivity index (χ4v) is 1.68. The van der Waals surface area contributed by atoms with Gasteiger partial charge in [-0.05, 0) is 13.8 Å². The van der Waals surface area contributed by atoms with E-state index in [1.54, 1.807) is 13.8 Å². The first-order chi connectivity index (χ1) is 6.49. The number of nitrogens with one attached hydrogen (secondary N) is 1. The summed E-state index contributed by atoms with van der Waals surface area (Å²) >= 11 is 0. The Morgan fingerprint density at radius 1 is 1.64 bits per heavy atom. The van der Waals surface area contributed by atoms with Gasteiger partial charge in [-0.1, -0.05) is 12.2 Å². The molecule has 1 saturated heterocycles. The lowest BCUT2D eigenvalue weighted by atomic mass is 9.78. The molecule has 4 nitrogen and oxygen atoms in total. The molecule has 0 unspecified atom stereocenters. The minimum atomic E-state index is -0.320. The van der Waals surface area contributed by atoms with Crippen molar-refractivity contribution in [1.82, 2.24) is 5.32 Å². The van der Waals surface area contributed by atoms with Crippen molar-refractivity contribution >= 4 is 11.9 Å². The zero-order chi connectivity index (χ0) is 10.9. The highest BCUT2D eigenvalue weighted by molar-refractivity contribution is 5.90. The SMILES string of the molecule is C=C(C)[C@@H]1C(=O)N[C@@H]1[C@@H](C)C(=O)OC. The molecular weight excluding hydrogens is 182 g/mol. The Bertz CT molecular complexity index is 277. The Hall–Kier alpha value is -1.32. The molecule has 14 heavy (non-hydrogen) atoms. The summed E-state index contributed by atoms with van der Waals surface area (Å²) in [5, 5.41) is 2.69. The van der Waals surface area contributed by atoms with Gasteiger partial charge in [-0.2, -0.15) is 0 Å². The molecule has 0 bridgehead atoms. The Balaban J connectivity index is 2.67. The third-order valence-corrected chi connectivity index (χ3v) is 2.59. The Morgan fingerprint density at radius 3 is 2.57 bits per heavy atom. The van der Waals surface area contributed by atoms with E-state index in [0.29, 0.717) is 0 Å². The smallest absolute Gasteiger partial charge is 0.310 e. The van der Waals surface area contributed by atoms with Crippen LogP contribution < -0.4 is 5.32 Å². The Labute approximate surface area is 83.3 Å². The molecule has 1 amide bonds. The summed E-state index contributed by atoms with van der Waals surface area (Å²) in [6, 6.07) is -0.160. The van der Waals surface area contributed by atoms with Crippen LogP contribution in [0.4, 0.5) is 0 Å². The van der Waals surface area contributed by atoms with Crippen molar-refractivity contribution in [2.45, 2.75) is 19.9 Å². The normalized spacial score (nSPS) is 27.2. The number of β-lactam (4-membered cyclic amide) rings is 1. The first-order valence-corrected chi connectivity index (χ1v) is 4.52. The van der Waals surface area contributed by atoms with Crippen molar-refractivity contribution < 1.29 is 14.3 Å². The lowest BCUT2D eigenvalue weighted by Gasteiger charge is -2.39. The summed E-state index contributed by atoms with van der Waals surface area (Å²) in [5.41, 5.74) is 0.787. The number of amides is 1. The van der Waals surface area contributed by atoms with E-state index in [9.17, 15) is 9.59 Å². The van der Waals surface area contributed by atoms with Crippen LogP contribution in [0.5, 0.6) is 0 Å². The van der Waals surface area contributed by atoms with Crippen molar-refractivity contribution in [3.05, 3.63) is 12.2 Å². The van der Waals surface area contributed by atoms with Gasteiger partial charge in [-0.15, -0.1) is 0 Å². The van der Waals surface area contributed by atoms with Crippen molar-refractivity contribution in [3.63, 3.8) is 0 Å². The van der Waals surface area contributed by atoms with E-state index in [1.807, 2.05) is 0 Å². The molecular formula is C10H15NO3. The second kappa shape index (κ2) is 3.82. The minimum absolute atomic E-state index is 0.0572. The number of carbonyl (C=O) groups excluding carboxylic acids is 2. The summed E-state index contributed by atoms with van der Waals surface area (Å²) in [7, 11) is 1.34. The molecule has 0 radical (unpaired) electrons. The minimum Gasteiger partial charge on any atom is -0.469 e. The maximum Gasteiger partial charge on any atom is 0.310 e. The summed E-state index contributed by atoms with van der Waals surface area (Å²) in [4.78, 5) is 22.4. The van der Waals surface area contributed by atoms with Crippen LogP contribution in [0.3, 0.4) is 0 Å². The number of rotatable bonds is 3. The van der Waals surface area contributed by atoms with Gasteiger partial charge < -0.3 is 10.1 Å². The van der Waals surface area contributed by atoms with Gasteiger partial charge in [0.2, 0.25) is 5.91 Å². The zero-order valence-electron chi connectivity index (χ0n) is 8.66. The van der Waals surface area contributed by atoms with Gasteiger partial charge in [-0.3, -0.25) is 9.59 Å². The van der Waals surface area contributed by atoms with Crippen LogP contribution in [0.1, 0.15) is 13.8 Å². The maximum atomic E-state index is 11.2. The summed E-state index contributed by atoms with van der Waals surface area (Å²) in [5.74, 6) is -0.928. The van der Waals surface area contributed by atoms with Gasteiger partial charge in [0, 0.05) is 0 Å². The van der Waals surface area contributed by atoms with Crippen LogP contribution in [0, 0.1) is 11.8 Å². The fourth-order valence-electron chi connectivity index (χ4n) is 1.68. The highest BCUT2D eigenvalue weighted by Gasteiger charge is 2.45. The average Bonchev–Trinajstić information content (AvgIpc) is 2.10. The van der Waals surface area contributed by atoms with Crippen molar-refractivity contribution in [2.24, 2.45) is 11.8 Å². The maximum absolute atomic E-state index is 11.2. The number of hydrogen-bond donors (Lipinski definition) is 1. The molecule has 0 aromatic rings. The van der Waals surface area contributed by atoms with E-state index in [0.717, 1.165) is 5.57 Å².